The van der Waals surface area contributed by atoms with Gasteiger partial charge in [0.2, 0.25) is 0 Å². The summed E-state index contributed by atoms with van der Waals surface area (Å²) in [5, 5.41) is 5.21. The van der Waals surface area contributed by atoms with Gasteiger partial charge in [0.05, 0.1) is 32.2 Å². The third-order valence-corrected chi connectivity index (χ3v) is 7.40. The molecule has 0 amide bonds. The van der Waals surface area contributed by atoms with E-state index in [1.165, 1.54) is 0 Å². The second kappa shape index (κ2) is 10.5. The molecule has 4 rings (SSSR count). The Morgan fingerprint density at radius 1 is 1.03 bits per heavy atom. The molecule has 0 unspecified atom stereocenters. The van der Waals surface area contributed by atoms with Crippen molar-refractivity contribution in [1.29, 1.82) is 0 Å². The first-order chi connectivity index (χ1) is 16.8. The number of hydrogen-bond acceptors (Lipinski definition) is 5. The summed E-state index contributed by atoms with van der Waals surface area (Å²) >= 11 is 7.58. The molecule has 2 aromatic carbocycles. The van der Waals surface area contributed by atoms with Crippen LogP contribution in [0.5, 0.6) is 0 Å². The normalized spacial score (nSPS) is 11.9. The van der Waals surface area contributed by atoms with Crippen LogP contribution in [0.25, 0.3) is 33.4 Å². The van der Waals surface area contributed by atoms with E-state index in [-0.39, 0.29) is 5.97 Å². The number of fused-ring (bicyclic) bond motifs is 2. The first-order valence-electron chi connectivity index (χ1n) is 11.7. The molecule has 0 bridgehead atoms. The lowest BCUT2D eigenvalue weighted by atomic mass is 9.89. The highest BCUT2D eigenvalue weighted by molar-refractivity contribution is 9.11. The molecular formula is C28H28Br2N2O3. The molecule has 7 heteroatoms. The van der Waals surface area contributed by atoms with Crippen molar-refractivity contribution in [2.24, 2.45) is 4.99 Å². The SMILES string of the molecule is CC/N=c1\c(C)cc2c(-c3ccccc3C(=O)OCC)c3cc(C)c(NCC)c(Br)c3oc-2c1Br. The van der Waals surface area contributed by atoms with Crippen LogP contribution in [-0.4, -0.2) is 25.7 Å². The fourth-order valence-electron chi connectivity index (χ4n) is 4.45. The van der Waals surface area contributed by atoms with Gasteiger partial charge in [0.15, 0.2) is 11.3 Å². The van der Waals surface area contributed by atoms with E-state index in [9.17, 15) is 4.79 Å². The highest BCUT2D eigenvalue weighted by Crippen LogP contribution is 2.47. The minimum atomic E-state index is -0.348. The minimum Gasteiger partial charge on any atom is -0.462 e. The second-order valence-electron chi connectivity index (χ2n) is 8.24. The Kier molecular flexibility index (Phi) is 7.67. The molecule has 0 spiro atoms. The van der Waals surface area contributed by atoms with Crippen LogP contribution in [0.3, 0.4) is 0 Å². The zero-order valence-electron chi connectivity index (χ0n) is 20.5. The third kappa shape index (κ3) is 4.52. The van der Waals surface area contributed by atoms with Gasteiger partial charge in [-0.15, -0.1) is 0 Å². The van der Waals surface area contributed by atoms with Gasteiger partial charge < -0.3 is 14.5 Å². The molecule has 1 heterocycles. The molecule has 182 valence electrons. The summed E-state index contributed by atoms with van der Waals surface area (Å²) in [5.74, 6) is 0.328. The summed E-state index contributed by atoms with van der Waals surface area (Å²) in [6.45, 7) is 11.7. The number of benzene rings is 3. The molecule has 35 heavy (non-hydrogen) atoms. The van der Waals surface area contributed by atoms with Crippen molar-refractivity contribution in [3.05, 3.63) is 67.4 Å². The molecule has 1 aliphatic heterocycles. The Morgan fingerprint density at radius 3 is 2.46 bits per heavy atom. The van der Waals surface area contributed by atoms with Crippen molar-refractivity contribution in [2.75, 3.05) is 25.0 Å². The number of halogens is 2. The summed E-state index contributed by atoms with van der Waals surface area (Å²) in [5.41, 5.74) is 6.91. The van der Waals surface area contributed by atoms with Crippen LogP contribution >= 0.6 is 31.9 Å². The molecule has 1 aliphatic carbocycles. The minimum absolute atomic E-state index is 0.308. The maximum absolute atomic E-state index is 13.0. The van der Waals surface area contributed by atoms with Gasteiger partial charge in [-0.2, -0.15) is 0 Å². The topological polar surface area (TPSA) is 63.8 Å². The van der Waals surface area contributed by atoms with E-state index < -0.39 is 0 Å². The van der Waals surface area contributed by atoms with Crippen LogP contribution < -0.4 is 10.7 Å². The highest BCUT2D eigenvalue weighted by atomic mass is 79.9. The van der Waals surface area contributed by atoms with E-state index in [0.29, 0.717) is 30.1 Å². The van der Waals surface area contributed by atoms with E-state index >= 15 is 0 Å². The monoisotopic (exact) mass is 598 g/mol. The zero-order valence-corrected chi connectivity index (χ0v) is 23.7. The van der Waals surface area contributed by atoms with Gasteiger partial charge >= 0.3 is 5.97 Å². The Bertz CT molecular complexity index is 1470. The van der Waals surface area contributed by atoms with Gasteiger partial charge in [0.25, 0.3) is 0 Å². The van der Waals surface area contributed by atoms with Gasteiger partial charge in [0, 0.05) is 29.6 Å². The van der Waals surface area contributed by atoms with E-state index in [1.807, 2.05) is 45.0 Å². The summed E-state index contributed by atoms with van der Waals surface area (Å²) in [6, 6.07) is 11.8. The number of esters is 1. The van der Waals surface area contributed by atoms with Gasteiger partial charge in [-0.25, -0.2) is 4.79 Å². The smallest absolute Gasteiger partial charge is 0.338 e. The molecule has 0 saturated heterocycles. The predicted octanol–water partition coefficient (Wildman–Crippen LogP) is 7.88. The Balaban J connectivity index is 2.25. The molecule has 0 fully saturated rings. The summed E-state index contributed by atoms with van der Waals surface area (Å²) < 4.78 is 13.6. The zero-order chi connectivity index (χ0) is 25.3. The van der Waals surface area contributed by atoms with Crippen LogP contribution in [0, 0.1) is 13.8 Å². The van der Waals surface area contributed by atoms with Gasteiger partial charge in [-0.1, -0.05) is 18.2 Å². The number of carbonyl (C=O) groups excluding carboxylic acids is 1. The van der Waals surface area contributed by atoms with Crippen molar-refractivity contribution in [2.45, 2.75) is 34.6 Å². The van der Waals surface area contributed by atoms with Crippen LogP contribution in [0.1, 0.15) is 42.3 Å². The van der Waals surface area contributed by atoms with E-state index in [4.69, 9.17) is 9.15 Å². The van der Waals surface area contributed by atoms with Crippen LogP contribution in [-0.2, 0) is 4.74 Å². The fraction of sp³-hybridized carbons (Fsp3) is 0.286. The lowest BCUT2D eigenvalue weighted by molar-refractivity contribution is 0.0527. The van der Waals surface area contributed by atoms with Crippen LogP contribution in [0.2, 0.25) is 0 Å². The molecule has 0 aromatic heterocycles. The first-order valence-corrected chi connectivity index (χ1v) is 13.3. The molecule has 0 saturated carbocycles. The third-order valence-electron chi connectivity index (χ3n) is 5.91. The average molecular weight is 600 g/mol. The average Bonchev–Trinajstić information content (AvgIpc) is 2.84. The van der Waals surface area contributed by atoms with Crippen molar-refractivity contribution >= 4 is 54.5 Å². The number of ether oxygens (including phenoxy) is 1. The number of carbonyl (C=O) groups is 1. The quantitative estimate of drug-likeness (QED) is 0.181. The van der Waals surface area contributed by atoms with Gasteiger partial charge in [-0.3, -0.25) is 4.99 Å². The molecule has 1 N–H and O–H groups in total. The maximum atomic E-state index is 13.0. The highest BCUT2D eigenvalue weighted by Gasteiger charge is 2.26. The maximum Gasteiger partial charge on any atom is 0.338 e. The number of nitrogens with one attached hydrogen (secondary N) is 1. The summed E-state index contributed by atoms with van der Waals surface area (Å²) in [4.78, 5) is 17.7. The van der Waals surface area contributed by atoms with Gasteiger partial charge in [-0.05, 0) is 101 Å². The van der Waals surface area contributed by atoms with Crippen molar-refractivity contribution in [3.63, 3.8) is 0 Å². The molecule has 5 nitrogen and oxygen atoms in total. The lowest BCUT2D eigenvalue weighted by Gasteiger charge is -2.21. The number of rotatable bonds is 6. The molecular weight excluding hydrogens is 572 g/mol. The van der Waals surface area contributed by atoms with E-state index in [2.05, 4.69) is 68.1 Å². The van der Waals surface area contributed by atoms with Crippen molar-refractivity contribution < 1.29 is 13.9 Å². The van der Waals surface area contributed by atoms with Crippen LogP contribution in [0.4, 0.5) is 5.69 Å². The summed E-state index contributed by atoms with van der Waals surface area (Å²) in [7, 11) is 0. The summed E-state index contributed by atoms with van der Waals surface area (Å²) in [6.07, 6.45) is 0. The molecule has 2 aliphatic rings. The van der Waals surface area contributed by atoms with E-state index in [1.54, 1.807) is 0 Å². The Labute approximate surface area is 222 Å². The fourth-order valence-corrected chi connectivity index (χ4v) is 5.93. The Hall–Kier alpha value is -2.64. The molecule has 0 radical (unpaired) electrons. The standard InChI is InChI=1S/C28H28Br2N2O3/c1-6-31-24-15(4)13-19-21(17-11-9-10-12-18(17)28(33)34-8-3)20-14-16(5)25(32-7-2)23(30)27(20)35-26(19)22(24)29/h9-14,31H,6-8H2,1-5H3/b32-25+. The van der Waals surface area contributed by atoms with Crippen molar-refractivity contribution in [1.82, 2.24) is 0 Å². The number of anilines is 1. The van der Waals surface area contributed by atoms with Crippen LogP contribution in [0.15, 0.2) is 54.8 Å². The van der Waals surface area contributed by atoms with E-state index in [0.717, 1.165) is 59.7 Å². The largest absolute Gasteiger partial charge is 0.462 e. The lowest BCUT2D eigenvalue weighted by Crippen LogP contribution is -2.13. The first kappa shape index (κ1) is 25.5. The van der Waals surface area contributed by atoms with Gasteiger partial charge in [0.1, 0.15) is 0 Å². The second-order valence-corrected chi connectivity index (χ2v) is 9.83. The Morgan fingerprint density at radius 2 is 1.77 bits per heavy atom. The number of nitrogens with zero attached hydrogens (tertiary/aromatic N) is 1. The van der Waals surface area contributed by atoms with Crippen molar-refractivity contribution in [3.8, 4) is 22.5 Å². The number of aryl methyl sites for hydroxylation is 2. The molecule has 2 aromatic rings. The molecule has 0 atom stereocenters. The number of hydrogen-bond donors (Lipinski definition) is 1. The predicted molar refractivity (Wildman–Crippen MR) is 149 cm³/mol.